The van der Waals surface area contributed by atoms with Crippen LogP contribution in [0.15, 0.2) is 24.3 Å². The fourth-order valence-electron chi connectivity index (χ4n) is 1.52. The molecule has 0 spiro atoms. The minimum Gasteiger partial charge on any atom is -0.478 e. The predicted octanol–water partition coefficient (Wildman–Crippen LogP) is 2.71. The van der Waals surface area contributed by atoms with E-state index >= 15 is 0 Å². The fraction of sp³-hybridized carbons (Fsp3) is 0.357. The van der Waals surface area contributed by atoms with Gasteiger partial charge in [-0.25, -0.2) is 17.6 Å². The number of hydrogen-bond donors (Lipinski definition) is 2. The average molecular weight is 315 g/mol. The van der Waals surface area contributed by atoms with E-state index in [1.165, 1.54) is 12.1 Å². The molecule has 0 bridgehead atoms. The number of rotatable bonds is 7. The molecule has 1 rings (SSSR count). The maximum Gasteiger partial charge on any atom is 0.328 e. The first kappa shape index (κ1) is 17.2. The van der Waals surface area contributed by atoms with Crippen LogP contribution in [0.3, 0.4) is 0 Å². The molecule has 1 aromatic carbocycles. The Labute approximate surface area is 123 Å². The van der Waals surface area contributed by atoms with E-state index in [1.54, 1.807) is 0 Å². The lowest BCUT2D eigenvalue weighted by atomic mass is 10.2. The van der Waals surface area contributed by atoms with Crippen molar-refractivity contribution >= 4 is 27.8 Å². The summed E-state index contributed by atoms with van der Waals surface area (Å²) in [6.07, 6.45) is 2.38. The average Bonchev–Trinajstić information content (AvgIpc) is 2.37. The Morgan fingerprint density at radius 3 is 2.67 bits per heavy atom. The molecule has 5 nitrogen and oxygen atoms in total. The molecule has 116 valence electrons. The number of benzene rings is 1. The monoisotopic (exact) mass is 315 g/mol. The number of hydrogen-bond acceptors (Lipinski definition) is 3. The van der Waals surface area contributed by atoms with Crippen LogP contribution in [0.4, 0.5) is 10.1 Å². The summed E-state index contributed by atoms with van der Waals surface area (Å²) in [4.78, 5) is 10.4. The first-order chi connectivity index (χ1) is 9.69. The summed E-state index contributed by atoms with van der Waals surface area (Å²) < 4.78 is 39.5. The predicted molar refractivity (Wildman–Crippen MR) is 79.9 cm³/mol. The third kappa shape index (κ3) is 6.40. The number of carboxylic acid groups (broad SMARTS) is 1. The Balaban J connectivity index is 2.90. The third-order valence-corrected chi connectivity index (χ3v) is 3.96. The minimum absolute atomic E-state index is 0.00135. The Morgan fingerprint density at radius 1 is 1.43 bits per heavy atom. The van der Waals surface area contributed by atoms with Crippen molar-refractivity contribution in [3.63, 3.8) is 0 Å². The Bertz CT molecular complexity index is 638. The van der Waals surface area contributed by atoms with Gasteiger partial charge in [-0.3, -0.25) is 4.72 Å². The second-order valence-electron chi connectivity index (χ2n) is 5.01. The zero-order valence-electron chi connectivity index (χ0n) is 11.8. The first-order valence-corrected chi connectivity index (χ1v) is 8.06. The summed E-state index contributed by atoms with van der Waals surface area (Å²) in [5.74, 6) is -1.61. The molecular weight excluding hydrogens is 297 g/mol. The fourth-order valence-corrected chi connectivity index (χ4v) is 2.89. The molecule has 0 unspecified atom stereocenters. The van der Waals surface area contributed by atoms with Crippen LogP contribution in [0.25, 0.3) is 6.08 Å². The maximum absolute atomic E-state index is 13.5. The Hall–Kier alpha value is -1.89. The van der Waals surface area contributed by atoms with Crippen molar-refractivity contribution in [1.82, 2.24) is 0 Å². The minimum atomic E-state index is -3.50. The second-order valence-corrected chi connectivity index (χ2v) is 6.85. The van der Waals surface area contributed by atoms with Gasteiger partial charge in [-0.2, -0.15) is 0 Å². The van der Waals surface area contributed by atoms with Crippen molar-refractivity contribution in [3.8, 4) is 0 Å². The van der Waals surface area contributed by atoms with Gasteiger partial charge in [0.1, 0.15) is 5.82 Å². The molecule has 0 saturated carbocycles. The van der Waals surface area contributed by atoms with E-state index in [4.69, 9.17) is 5.11 Å². The van der Waals surface area contributed by atoms with Crippen LogP contribution < -0.4 is 4.72 Å². The van der Waals surface area contributed by atoms with E-state index in [0.29, 0.717) is 6.42 Å². The molecule has 0 aliphatic heterocycles. The van der Waals surface area contributed by atoms with Gasteiger partial charge >= 0.3 is 5.97 Å². The molecule has 0 amide bonds. The quantitative estimate of drug-likeness (QED) is 0.758. The van der Waals surface area contributed by atoms with Crippen LogP contribution in [0, 0.1) is 11.7 Å². The first-order valence-electron chi connectivity index (χ1n) is 6.40. The van der Waals surface area contributed by atoms with Crippen LogP contribution in [0.2, 0.25) is 0 Å². The van der Waals surface area contributed by atoms with Gasteiger partial charge in [0, 0.05) is 17.3 Å². The molecule has 0 fully saturated rings. The van der Waals surface area contributed by atoms with E-state index in [1.807, 2.05) is 13.8 Å². The van der Waals surface area contributed by atoms with Gasteiger partial charge in [0.15, 0.2) is 0 Å². The third-order valence-electron chi connectivity index (χ3n) is 2.64. The summed E-state index contributed by atoms with van der Waals surface area (Å²) in [5, 5.41) is 8.52. The molecule has 2 N–H and O–H groups in total. The lowest BCUT2D eigenvalue weighted by Crippen LogP contribution is -2.18. The number of carbonyl (C=O) groups is 1. The maximum atomic E-state index is 13.5. The summed E-state index contributed by atoms with van der Waals surface area (Å²) in [6, 6.07) is 3.63. The molecule has 0 saturated heterocycles. The Morgan fingerprint density at radius 2 is 2.10 bits per heavy atom. The number of carboxylic acids is 1. The number of aliphatic carboxylic acids is 1. The van der Waals surface area contributed by atoms with Crippen LogP contribution in [-0.4, -0.2) is 25.2 Å². The zero-order valence-corrected chi connectivity index (χ0v) is 12.7. The summed E-state index contributed by atoms with van der Waals surface area (Å²) >= 11 is 0. The highest BCUT2D eigenvalue weighted by atomic mass is 32.2. The van der Waals surface area contributed by atoms with Gasteiger partial charge in [0.2, 0.25) is 10.0 Å². The topological polar surface area (TPSA) is 83.5 Å². The highest BCUT2D eigenvalue weighted by molar-refractivity contribution is 7.92. The van der Waals surface area contributed by atoms with E-state index < -0.39 is 21.8 Å². The Kier molecular flexibility index (Phi) is 5.90. The molecule has 1 aromatic rings. The largest absolute Gasteiger partial charge is 0.478 e. The highest BCUT2D eigenvalue weighted by Crippen LogP contribution is 2.18. The van der Waals surface area contributed by atoms with Gasteiger partial charge in [0.05, 0.1) is 5.75 Å². The van der Waals surface area contributed by atoms with Crippen molar-refractivity contribution in [2.45, 2.75) is 20.3 Å². The molecule has 0 atom stereocenters. The molecule has 0 aliphatic carbocycles. The lowest BCUT2D eigenvalue weighted by Gasteiger charge is -2.10. The number of nitrogens with one attached hydrogen (secondary N) is 1. The molecule has 0 radical (unpaired) electrons. The zero-order chi connectivity index (χ0) is 16.0. The van der Waals surface area contributed by atoms with E-state index in [0.717, 1.165) is 18.2 Å². The van der Waals surface area contributed by atoms with E-state index in [9.17, 15) is 17.6 Å². The number of halogens is 1. The molecule has 7 heteroatoms. The molecule has 0 aromatic heterocycles. The number of anilines is 1. The van der Waals surface area contributed by atoms with Gasteiger partial charge in [-0.05, 0) is 36.6 Å². The van der Waals surface area contributed by atoms with Crippen LogP contribution in [-0.2, 0) is 14.8 Å². The highest BCUT2D eigenvalue weighted by Gasteiger charge is 2.12. The van der Waals surface area contributed by atoms with E-state index in [-0.39, 0.29) is 22.9 Å². The van der Waals surface area contributed by atoms with Gasteiger partial charge in [0.25, 0.3) is 0 Å². The SMILES string of the molecule is CC(C)CCS(=O)(=O)Nc1ccc(F)c(/C=C/C(=O)O)c1. The smallest absolute Gasteiger partial charge is 0.328 e. The summed E-state index contributed by atoms with van der Waals surface area (Å²) in [7, 11) is -3.50. The summed E-state index contributed by atoms with van der Waals surface area (Å²) in [5.41, 5.74) is 0.201. The van der Waals surface area contributed by atoms with E-state index in [2.05, 4.69) is 4.72 Å². The van der Waals surface area contributed by atoms with Crippen LogP contribution in [0.1, 0.15) is 25.8 Å². The molecular formula is C14H18FNO4S. The normalized spacial score (nSPS) is 12.0. The summed E-state index contributed by atoms with van der Waals surface area (Å²) in [6.45, 7) is 3.84. The van der Waals surface area contributed by atoms with Gasteiger partial charge in [-0.15, -0.1) is 0 Å². The van der Waals surface area contributed by atoms with Crippen LogP contribution >= 0.6 is 0 Å². The van der Waals surface area contributed by atoms with Gasteiger partial charge < -0.3 is 5.11 Å². The molecule has 0 heterocycles. The van der Waals surface area contributed by atoms with Crippen molar-refractivity contribution in [1.29, 1.82) is 0 Å². The van der Waals surface area contributed by atoms with Crippen molar-refractivity contribution in [3.05, 3.63) is 35.7 Å². The lowest BCUT2D eigenvalue weighted by molar-refractivity contribution is -0.131. The van der Waals surface area contributed by atoms with Crippen molar-refractivity contribution in [2.75, 3.05) is 10.5 Å². The molecule has 0 aliphatic rings. The van der Waals surface area contributed by atoms with Crippen molar-refractivity contribution < 1.29 is 22.7 Å². The van der Waals surface area contributed by atoms with Crippen LogP contribution in [0.5, 0.6) is 0 Å². The molecule has 21 heavy (non-hydrogen) atoms. The standard InChI is InChI=1S/C14H18FNO4S/c1-10(2)7-8-21(19,20)16-12-4-5-13(15)11(9-12)3-6-14(17)18/h3-6,9-10,16H,7-8H2,1-2H3,(H,17,18)/b6-3+. The van der Waals surface area contributed by atoms with Gasteiger partial charge in [-0.1, -0.05) is 13.8 Å². The van der Waals surface area contributed by atoms with Crippen molar-refractivity contribution in [2.24, 2.45) is 5.92 Å². The second kappa shape index (κ2) is 7.21. The number of sulfonamides is 1.